The van der Waals surface area contributed by atoms with Gasteiger partial charge in [-0.2, -0.15) is 0 Å². The Morgan fingerprint density at radius 3 is 2.62 bits per heavy atom. The number of likely N-dealkylation sites (tertiary alicyclic amines) is 1. The van der Waals surface area contributed by atoms with E-state index < -0.39 is 5.41 Å². The molecule has 3 aromatic rings. The third kappa shape index (κ3) is 4.78. The Morgan fingerprint density at radius 1 is 1.03 bits per heavy atom. The first kappa shape index (κ1) is 22.8. The van der Waals surface area contributed by atoms with Gasteiger partial charge in [-0.05, 0) is 55.9 Å². The number of carbonyl (C=O) groups excluding carboxylic acids is 1. The molecule has 4 nitrogen and oxygen atoms in total. The summed E-state index contributed by atoms with van der Waals surface area (Å²) in [5.41, 5.74) is 5.43. The van der Waals surface area contributed by atoms with Crippen molar-refractivity contribution in [3.8, 4) is 0 Å². The number of piperidine rings is 1. The van der Waals surface area contributed by atoms with Crippen LogP contribution in [0, 0.1) is 6.92 Å². The summed E-state index contributed by atoms with van der Waals surface area (Å²) in [7, 11) is 0. The molecule has 2 saturated heterocycles. The van der Waals surface area contributed by atoms with Gasteiger partial charge in [-0.15, -0.1) is 0 Å². The SMILES string of the molecule is Cc1cccc(Cc2cccc([C@H]3CCCN(C(=O)C4(c5ccccc5)CCOCC4)C3)n2)c1. The maximum Gasteiger partial charge on any atom is 0.233 e. The van der Waals surface area contributed by atoms with Crippen LogP contribution in [0.5, 0.6) is 0 Å². The largest absolute Gasteiger partial charge is 0.381 e. The summed E-state index contributed by atoms with van der Waals surface area (Å²) in [6.07, 6.45) is 4.43. The lowest BCUT2D eigenvalue weighted by Gasteiger charge is -2.42. The smallest absolute Gasteiger partial charge is 0.233 e. The van der Waals surface area contributed by atoms with Gasteiger partial charge in [0.05, 0.1) is 5.41 Å². The molecule has 0 bridgehead atoms. The summed E-state index contributed by atoms with van der Waals surface area (Å²) in [5.74, 6) is 0.547. The standard InChI is InChI=1S/C30H34N2O2/c1-23-8-5-9-24(20-23)21-27-13-6-14-28(31-27)25-10-7-17-32(22-25)29(33)30(15-18-34-19-16-30)26-11-3-2-4-12-26/h2-6,8-9,11-14,20,25H,7,10,15-19,21-22H2,1H3/t25-/m0/s1. The minimum Gasteiger partial charge on any atom is -0.381 e. The van der Waals surface area contributed by atoms with Crippen molar-refractivity contribution in [3.05, 3.63) is 101 Å². The molecule has 2 aromatic carbocycles. The van der Waals surface area contributed by atoms with Gasteiger partial charge in [0.15, 0.2) is 0 Å². The van der Waals surface area contributed by atoms with E-state index in [1.807, 2.05) is 18.2 Å². The van der Waals surface area contributed by atoms with Gasteiger partial charge in [0, 0.05) is 50.0 Å². The number of aromatic nitrogens is 1. The Morgan fingerprint density at radius 2 is 1.82 bits per heavy atom. The first-order valence-electron chi connectivity index (χ1n) is 12.6. The lowest BCUT2D eigenvalue weighted by atomic mass is 9.72. The van der Waals surface area contributed by atoms with Crippen LogP contribution in [0.1, 0.15) is 59.7 Å². The Balaban J connectivity index is 1.35. The van der Waals surface area contributed by atoms with Crippen LogP contribution < -0.4 is 0 Å². The minimum absolute atomic E-state index is 0.266. The van der Waals surface area contributed by atoms with Gasteiger partial charge in [0.25, 0.3) is 0 Å². The summed E-state index contributed by atoms with van der Waals surface area (Å²) in [4.78, 5) is 21.2. The summed E-state index contributed by atoms with van der Waals surface area (Å²) >= 11 is 0. The summed E-state index contributed by atoms with van der Waals surface area (Å²) in [6, 6.07) is 25.3. The summed E-state index contributed by atoms with van der Waals surface area (Å²) in [5, 5.41) is 0. The second kappa shape index (κ2) is 10.1. The number of ether oxygens (including phenoxy) is 1. The van der Waals surface area contributed by atoms with Crippen molar-refractivity contribution in [2.45, 2.75) is 50.4 Å². The van der Waals surface area contributed by atoms with E-state index in [1.54, 1.807) is 0 Å². The first-order chi connectivity index (χ1) is 16.6. The predicted octanol–water partition coefficient (Wildman–Crippen LogP) is 5.44. The third-order valence-electron chi connectivity index (χ3n) is 7.51. The fourth-order valence-electron chi connectivity index (χ4n) is 5.66. The topological polar surface area (TPSA) is 42.4 Å². The van der Waals surface area contributed by atoms with Crippen molar-refractivity contribution in [2.24, 2.45) is 0 Å². The van der Waals surface area contributed by atoms with Crippen LogP contribution >= 0.6 is 0 Å². The average molecular weight is 455 g/mol. The van der Waals surface area contributed by atoms with E-state index in [9.17, 15) is 4.79 Å². The zero-order chi connectivity index (χ0) is 23.4. The molecule has 1 aromatic heterocycles. The molecule has 1 atom stereocenters. The molecule has 0 N–H and O–H groups in total. The normalized spacial score (nSPS) is 20.1. The molecule has 0 spiro atoms. The second-order valence-electron chi connectivity index (χ2n) is 9.87. The summed E-state index contributed by atoms with van der Waals surface area (Å²) in [6.45, 7) is 4.98. The van der Waals surface area contributed by atoms with E-state index in [2.05, 4.69) is 66.4 Å². The van der Waals surface area contributed by atoms with E-state index in [1.165, 1.54) is 11.1 Å². The molecular weight excluding hydrogens is 420 g/mol. The molecule has 0 aliphatic carbocycles. The van der Waals surface area contributed by atoms with E-state index in [4.69, 9.17) is 9.72 Å². The highest BCUT2D eigenvalue weighted by Gasteiger charge is 2.45. The molecule has 2 fully saturated rings. The zero-order valence-corrected chi connectivity index (χ0v) is 20.1. The molecule has 3 heterocycles. The monoisotopic (exact) mass is 454 g/mol. The number of amides is 1. The number of rotatable bonds is 5. The van der Waals surface area contributed by atoms with Gasteiger partial charge in [0.2, 0.25) is 5.91 Å². The summed E-state index contributed by atoms with van der Waals surface area (Å²) < 4.78 is 5.66. The van der Waals surface area contributed by atoms with Crippen molar-refractivity contribution in [1.82, 2.24) is 9.88 Å². The van der Waals surface area contributed by atoms with Crippen molar-refractivity contribution < 1.29 is 9.53 Å². The maximum atomic E-state index is 14.0. The number of carbonyl (C=O) groups is 1. The van der Waals surface area contributed by atoms with Gasteiger partial charge in [0.1, 0.15) is 0 Å². The number of nitrogens with zero attached hydrogens (tertiary/aromatic N) is 2. The fourth-order valence-corrected chi connectivity index (χ4v) is 5.66. The van der Waals surface area contributed by atoms with E-state index in [0.717, 1.165) is 62.1 Å². The van der Waals surface area contributed by atoms with Gasteiger partial charge >= 0.3 is 0 Å². The van der Waals surface area contributed by atoms with Gasteiger partial charge in [-0.3, -0.25) is 9.78 Å². The quantitative estimate of drug-likeness (QED) is 0.516. The molecule has 0 unspecified atom stereocenters. The van der Waals surface area contributed by atoms with E-state index in [0.29, 0.717) is 13.2 Å². The van der Waals surface area contributed by atoms with Crippen LogP contribution in [-0.2, 0) is 21.4 Å². The third-order valence-corrected chi connectivity index (χ3v) is 7.51. The molecule has 1 amide bonds. The first-order valence-corrected chi connectivity index (χ1v) is 12.6. The van der Waals surface area contributed by atoms with Crippen molar-refractivity contribution >= 4 is 5.91 Å². The van der Waals surface area contributed by atoms with Crippen molar-refractivity contribution in [3.63, 3.8) is 0 Å². The molecule has 5 rings (SSSR count). The molecule has 0 radical (unpaired) electrons. The number of pyridine rings is 1. The molecule has 4 heteroatoms. The highest BCUT2D eigenvalue weighted by molar-refractivity contribution is 5.88. The van der Waals surface area contributed by atoms with Crippen LogP contribution in [0.4, 0.5) is 0 Å². The van der Waals surface area contributed by atoms with E-state index in [-0.39, 0.29) is 11.8 Å². The zero-order valence-electron chi connectivity index (χ0n) is 20.1. The Kier molecular flexibility index (Phi) is 6.77. The lowest BCUT2D eigenvalue weighted by molar-refractivity contribution is -0.142. The molecule has 0 saturated carbocycles. The lowest BCUT2D eigenvalue weighted by Crippen LogP contribution is -2.52. The minimum atomic E-state index is -0.470. The van der Waals surface area contributed by atoms with Crippen molar-refractivity contribution in [1.29, 1.82) is 0 Å². The van der Waals surface area contributed by atoms with Gasteiger partial charge in [-0.25, -0.2) is 0 Å². The Hall–Kier alpha value is -2.98. The van der Waals surface area contributed by atoms with E-state index >= 15 is 0 Å². The second-order valence-corrected chi connectivity index (χ2v) is 9.87. The highest BCUT2D eigenvalue weighted by atomic mass is 16.5. The Bertz CT molecular complexity index is 1120. The number of hydrogen-bond donors (Lipinski definition) is 0. The number of hydrogen-bond acceptors (Lipinski definition) is 3. The number of aryl methyl sites for hydroxylation is 1. The fraction of sp³-hybridized carbons (Fsp3) is 0.400. The average Bonchev–Trinajstić information content (AvgIpc) is 2.89. The van der Waals surface area contributed by atoms with Crippen LogP contribution in [0.15, 0.2) is 72.8 Å². The Labute approximate surface area is 203 Å². The van der Waals surface area contributed by atoms with Crippen LogP contribution in [0.25, 0.3) is 0 Å². The van der Waals surface area contributed by atoms with Gasteiger partial charge in [-0.1, -0.05) is 66.2 Å². The molecule has 34 heavy (non-hydrogen) atoms. The van der Waals surface area contributed by atoms with Crippen LogP contribution in [-0.4, -0.2) is 42.1 Å². The van der Waals surface area contributed by atoms with Crippen molar-refractivity contribution in [2.75, 3.05) is 26.3 Å². The predicted molar refractivity (Wildman–Crippen MR) is 135 cm³/mol. The maximum absolute atomic E-state index is 14.0. The molecule has 2 aliphatic heterocycles. The number of benzene rings is 2. The van der Waals surface area contributed by atoms with Gasteiger partial charge < -0.3 is 9.64 Å². The van der Waals surface area contributed by atoms with Crippen LogP contribution in [0.3, 0.4) is 0 Å². The molecular formula is C30H34N2O2. The highest BCUT2D eigenvalue weighted by Crippen LogP contribution is 2.38. The van der Waals surface area contributed by atoms with Crippen LogP contribution in [0.2, 0.25) is 0 Å². The molecule has 2 aliphatic rings. The molecule has 176 valence electrons.